The van der Waals surface area contributed by atoms with E-state index in [9.17, 15) is 0 Å². The molecule has 3 saturated heterocycles. The maximum absolute atomic E-state index is 5.62. The molecule has 0 aromatic carbocycles. The van der Waals surface area contributed by atoms with Gasteiger partial charge < -0.3 is 4.74 Å². The van der Waals surface area contributed by atoms with Crippen molar-refractivity contribution in [2.75, 3.05) is 19.8 Å². The summed E-state index contributed by atoms with van der Waals surface area (Å²) >= 11 is 0. The normalized spacial score (nSPS) is 37.2. The highest BCUT2D eigenvalue weighted by Gasteiger charge is 2.32. The summed E-state index contributed by atoms with van der Waals surface area (Å²) in [4.78, 5) is 2.61. The van der Waals surface area contributed by atoms with Crippen molar-refractivity contribution in [2.45, 2.75) is 38.8 Å². The van der Waals surface area contributed by atoms with Gasteiger partial charge in [-0.1, -0.05) is 0 Å². The van der Waals surface area contributed by atoms with Crippen molar-refractivity contribution in [3.05, 3.63) is 0 Å². The van der Waals surface area contributed by atoms with Gasteiger partial charge in [0, 0.05) is 18.6 Å². The second-order valence-corrected chi connectivity index (χ2v) is 4.43. The fourth-order valence-corrected chi connectivity index (χ4v) is 2.45. The Kier molecular flexibility index (Phi) is 2.37. The molecule has 2 bridgehead atoms. The number of ether oxygens (including phenoxy) is 1. The van der Waals surface area contributed by atoms with Crippen LogP contribution in [0.1, 0.15) is 26.7 Å². The largest absolute Gasteiger partial charge is 0.379 e. The van der Waals surface area contributed by atoms with Gasteiger partial charge in [-0.2, -0.15) is 0 Å². The van der Waals surface area contributed by atoms with Crippen molar-refractivity contribution in [3.8, 4) is 0 Å². The minimum Gasteiger partial charge on any atom is -0.379 e. The maximum atomic E-state index is 5.62. The lowest BCUT2D eigenvalue weighted by molar-refractivity contribution is 0.0828. The quantitative estimate of drug-likeness (QED) is 0.590. The Morgan fingerprint density at radius 3 is 2.83 bits per heavy atom. The van der Waals surface area contributed by atoms with Crippen molar-refractivity contribution < 1.29 is 4.74 Å². The average molecular weight is 169 g/mol. The van der Waals surface area contributed by atoms with Crippen molar-refractivity contribution in [2.24, 2.45) is 5.92 Å². The van der Waals surface area contributed by atoms with Gasteiger partial charge in [-0.3, -0.25) is 4.90 Å². The Hall–Kier alpha value is -0.0800. The highest BCUT2D eigenvalue weighted by molar-refractivity contribution is 4.85. The lowest BCUT2D eigenvalue weighted by Gasteiger charge is -2.38. The predicted molar refractivity (Wildman–Crippen MR) is 49.2 cm³/mol. The van der Waals surface area contributed by atoms with Crippen LogP contribution in [-0.2, 0) is 4.74 Å². The van der Waals surface area contributed by atoms with E-state index in [1.54, 1.807) is 0 Å². The van der Waals surface area contributed by atoms with E-state index in [1.807, 2.05) is 0 Å². The zero-order valence-electron chi connectivity index (χ0n) is 8.12. The Bertz CT molecular complexity index is 154. The van der Waals surface area contributed by atoms with Gasteiger partial charge >= 0.3 is 0 Å². The van der Waals surface area contributed by atoms with Crippen LogP contribution in [0, 0.1) is 5.92 Å². The van der Waals surface area contributed by atoms with Gasteiger partial charge in [0.05, 0.1) is 13.2 Å². The van der Waals surface area contributed by atoms with Gasteiger partial charge in [0.15, 0.2) is 0 Å². The van der Waals surface area contributed by atoms with Crippen LogP contribution in [0.15, 0.2) is 0 Å². The molecule has 0 amide bonds. The molecule has 3 rings (SSSR count). The van der Waals surface area contributed by atoms with Crippen LogP contribution in [0.3, 0.4) is 0 Å². The lowest BCUT2D eigenvalue weighted by Crippen LogP contribution is -2.46. The van der Waals surface area contributed by atoms with E-state index in [0.717, 1.165) is 19.1 Å². The van der Waals surface area contributed by atoms with Crippen LogP contribution >= 0.6 is 0 Å². The molecule has 0 saturated carbocycles. The number of nitrogens with zero attached hydrogens (tertiary/aromatic N) is 1. The summed E-state index contributed by atoms with van der Waals surface area (Å²) in [5.74, 6) is 0.811. The molecule has 0 spiro atoms. The second kappa shape index (κ2) is 3.35. The third-order valence-corrected chi connectivity index (χ3v) is 3.17. The fraction of sp³-hybridized carbons (Fsp3) is 1.00. The predicted octanol–water partition coefficient (Wildman–Crippen LogP) is 1.51. The molecule has 3 aliphatic heterocycles. The fourth-order valence-electron chi connectivity index (χ4n) is 2.45. The van der Waals surface area contributed by atoms with Gasteiger partial charge in [-0.05, 0) is 32.6 Å². The summed E-state index contributed by atoms with van der Waals surface area (Å²) in [6.07, 6.45) is 2.73. The van der Waals surface area contributed by atoms with Crippen LogP contribution in [0.25, 0.3) is 0 Å². The highest BCUT2D eigenvalue weighted by Crippen LogP contribution is 2.27. The van der Waals surface area contributed by atoms with E-state index < -0.39 is 0 Å². The summed E-state index contributed by atoms with van der Waals surface area (Å²) in [7, 11) is 0. The molecule has 70 valence electrons. The first kappa shape index (κ1) is 8.52. The number of fused-ring (bicyclic) bond motifs is 4. The van der Waals surface area contributed by atoms with E-state index in [-0.39, 0.29) is 0 Å². The zero-order chi connectivity index (χ0) is 8.55. The van der Waals surface area contributed by atoms with Crippen molar-refractivity contribution in [3.63, 3.8) is 0 Å². The Labute approximate surface area is 74.9 Å². The van der Waals surface area contributed by atoms with Crippen molar-refractivity contribution in [1.29, 1.82) is 0 Å². The van der Waals surface area contributed by atoms with Gasteiger partial charge in [0.2, 0.25) is 0 Å². The van der Waals surface area contributed by atoms with Crippen LogP contribution in [0.2, 0.25) is 0 Å². The molecule has 0 unspecified atom stereocenters. The van der Waals surface area contributed by atoms with Crippen LogP contribution < -0.4 is 0 Å². The summed E-state index contributed by atoms with van der Waals surface area (Å²) in [6, 6.07) is 1.41. The summed E-state index contributed by atoms with van der Waals surface area (Å²) in [5, 5.41) is 0. The van der Waals surface area contributed by atoms with Crippen LogP contribution in [0.4, 0.5) is 0 Å². The summed E-state index contributed by atoms with van der Waals surface area (Å²) in [5.41, 5.74) is 0. The van der Waals surface area contributed by atoms with Crippen molar-refractivity contribution in [1.82, 2.24) is 4.90 Å². The van der Waals surface area contributed by atoms with E-state index in [2.05, 4.69) is 18.7 Å². The molecule has 3 aliphatic rings. The monoisotopic (exact) mass is 169 g/mol. The Balaban J connectivity index is 2.06. The van der Waals surface area contributed by atoms with Gasteiger partial charge in [0.25, 0.3) is 0 Å². The van der Waals surface area contributed by atoms with E-state index >= 15 is 0 Å². The molecule has 2 nitrogen and oxygen atoms in total. The maximum Gasteiger partial charge on any atom is 0.0622 e. The zero-order valence-corrected chi connectivity index (χ0v) is 8.12. The first-order valence-corrected chi connectivity index (χ1v) is 5.11. The molecular formula is C10H19NO. The molecule has 0 N–H and O–H groups in total. The van der Waals surface area contributed by atoms with E-state index in [4.69, 9.17) is 4.74 Å². The smallest absolute Gasteiger partial charge is 0.0622 e. The van der Waals surface area contributed by atoms with Crippen LogP contribution in [0.5, 0.6) is 0 Å². The molecule has 2 heteroatoms. The van der Waals surface area contributed by atoms with Gasteiger partial charge in [-0.25, -0.2) is 0 Å². The number of hydrogen-bond acceptors (Lipinski definition) is 2. The van der Waals surface area contributed by atoms with Gasteiger partial charge in [0.1, 0.15) is 0 Å². The molecule has 12 heavy (non-hydrogen) atoms. The third-order valence-electron chi connectivity index (χ3n) is 3.17. The van der Waals surface area contributed by atoms with Crippen LogP contribution in [-0.4, -0.2) is 36.7 Å². The first-order chi connectivity index (χ1) is 5.77. The molecule has 0 aliphatic carbocycles. The molecule has 2 atom stereocenters. The van der Waals surface area contributed by atoms with Gasteiger partial charge in [-0.15, -0.1) is 0 Å². The SMILES string of the molecule is CC(C)N1C[C@@H]2CC[C@H]1COC2. The molecule has 0 aromatic rings. The molecular weight excluding hydrogens is 150 g/mol. The number of rotatable bonds is 1. The minimum absolute atomic E-state index is 0.694. The molecule has 3 fully saturated rings. The first-order valence-electron chi connectivity index (χ1n) is 5.11. The molecule has 3 heterocycles. The highest BCUT2D eigenvalue weighted by atomic mass is 16.5. The molecule has 0 radical (unpaired) electrons. The Morgan fingerprint density at radius 1 is 1.25 bits per heavy atom. The van der Waals surface area contributed by atoms with E-state index in [1.165, 1.54) is 19.4 Å². The van der Waals surface area contributed by atoms with E-state index in [0.29, 0.717) is 12.1 Å². The third kappa shape index (κ3) is 1.50. The molecule has 0 aromatic heterocycles. The summed E-state index contributed by atoms with van der Waals surface area (Å²) < 4.78 is 5.62. The minimum atomic E-state index is 0.694. The topological polar surface area (TPSA) is 12.5 Å². The second-order valence-electron chi connectivity index (χ2n) is 4.43. The number of hydrogen-bond donors (Lipinski definition) is 0. The van der Waals surface area contributed by atoms with Crippen molar-refractivity contribution >= 4 is 0 Å². The standard InChI is InChI=1S/C10H19NO/c1-8(2)11-5-9-3-4-10(11)7-12-6-9/h8-10H,3-7H2,1-2H3/t9-,10-/m0/s1. The lowest BCUT2D eigenvalue weighted by atomic mass is 9.94. The number of piperidine rings is 1. The average Bonchev–Trinajstić information content (AvgIpc) is 2.36. The summed E-state index contributed by atoms with van der Waals surface area (Å²) in [6.45, 7) is 7.82. The Morgan fingerprint density at radius 2 is 2.08 bits per heavy atom.